The monoisotopic (exact) mass is 759 g/mol. The van der Waals surface area contributed by atoms with Crippen LogP contribution in [0.3, 0.4) is 0 Å². The molecule has 10 heteroatoms. The molecule has 45 heavy (non-hydrogen) atoms. The predicted molar refractivity (Wildman–Crippen MR) is 189 cm³/mol. The van der Waals surface area contributed by atoms with Crippen molar-refractivity contribution in [1.29, 1.82) is 0 Å². The topological polar surface area (TPSA) is 89.9 Å². The quantitative estimate of drug-likeness (QED) is 0.0726. The van der Waals surface area contributed by atoms with E-state index >= 15 is 0 Å². The van der Waals surface area contributed by atoms with Crippen LogP contribution in [0.5, 0.6) is 0 Å². The summed E-state index contributed by atoms with van der Waals surface area (Å²) in [4.78, 5) is 37.7. The molecule has 0 aliphatic rings. The number of ether oxygens (including phenoxy) is 2. The third-order valence-electron chi connectivity index (χ3n) is 9.33. The van der Waals surface area contributed by atoms with Crippen molar-refractivity contribution >= 4 is 53.3 Å². The zero-order valence-electron chi connectivity index (χ0n) is 29.9. The van der Waals surface area contributed by atoms with Crippen molar-refractivity contribution < 1.29 is 61.7 Å². The molecule has 0 saturated heterocycles. The van der Waals surface area contributed by atoms with E-state index < -0.39 is 39.7 Å². The van der Waals surface area contributed by atoms with Crippen LogP contribution in [0, 0.1) is 28.1 Å². The molecule has 0 bridgehead atoms. The van der Waals surface area contributed by atoms with Crippen molar-refractivity contribution in [3.63, 3.8) is 0 Å². The van der Waals surface area contributed by atoms with Crippen LogP contribution >= 0.6 is 10.8 Å². The van der Waals surface area contributed by atoms with Gasteiger partial charge in [0.15, 0.2) is 0 Å². The summed E-state index contributed by atoms with van der Waals surface area (Å²) >= 11 is 9.40. The molecule has 0 amide bonds. The SMILES string of the molecule is CC(C(=O)O)C(C)(C)CC(C(=O)OC(C)(C)CCOC(C)(C)C)C(C)(C)C(C)(C)CC(CS[S-])c1cccc(C=O)c1.C[S-].[Y]. The van der Waals surface area contributed by atoms with Crippen LogP contribution in [-0.2, 0) is 76.1 Å². The molecule has 1 rings (SSSR count). The summed E-state index contributed by atoms with van der Waals surface area (Å²) in [5.74, 6) is -1.69. The molecule has 1 N–H and O–H groups in total. The second-order valence-corrected chi connectivity index (χ2v) is 16.6. The minimum Gasteiger partial charge on any atom is -0.796 e. The summed E-state index contributed by atoms with van der Waals surface area (Å²) < 4.78 is 12.1. The van der Waals surface area contributed by atoms with Gasteiger partial charge < -0.3 is 49.7 Å². The number of aldehydes is 1. The third kappa shape index (κ3) is 15.4. The Morgan fingerprint density at radius 1 is 0.978 bits per heavy atom. The van der Waals surface area contributed by atoms with Crippen LogP contribution in [0.4, 0.5) is 0 Å². The summed E-state index contributed by atoms with van der Waals surface area (Å²) in [6.07, 6.45) is 4.04. The number of carbonyl (C=O) groups is 3. The Labute approximate surface area is 314 Å². The van der Waals surface area contributed by atoms with E-state index in [4.69, 9.17) is 21.1 Å². The molecule has 3 unspecified atom stereocenters. The first-order valence-corrected chi connectivity index (χ1v) is 18.0. The fraction of sp³-hybridized carbons (Fsp3) is 0.743. The maximum atomic E-state index is 14.2. The van der Waals surface area contributed by atoms with Crippen molar-refractivity contribution in [1.82, 2.24) is 0 Å². The van der Waals surface area contributed by atoms with Gasteiger partial charge in [-0.1, -0.05) is 66.7 Å². The minimum atomic E-state index is -0.888. The molecule has 1 aromatic carbocycles. The van der Waals surface area contributed by atoms with Crippen LogP contribution in [-0.4, -0.2) is 53.1 Å². The van der Waals surface area contributed by atoms with E-state index in [-0.39, 0.29) is 50.2 Å². The van der Waals surface area contributed by atoms with Gasteiger partial charge in [-0.25, -0.2) is 0 Å². The first-order valence-electron chi connectivity index (χ1n) is 15.3. The molecular weight excluding hydrogens is 701 g/mol. The Morgan fingerprint density at radius 2 is 1.53 bits per heavy atom. The van der Waals surface area contributed by atoms with E-state index in [0.29, 0.717) is 37.2 Å². The number of hydrogen-bond acceptors (Lipinski definition) is 8. The average Bonchev–Trinajstić information content (AvgIpc) is 2.90. The van der Waals surface area contributed by atoms with Gasteiger partial charge in [0.2, 0.25) is 0 Å². The Morgan fingerprint density at radius 3 is 2.00 bits per heavy atom. The zero-order chi connectivity index (χ0) is 34.7. The minimum absolute atomic E-state index is 0. The van der Waals surface area contributed by atoms with Gasteiger partial charge in [-0.15, -0.1) is 0 Å². The molecule has 0 spiro atoms. The number of carbonyl (C=O) groups excluding carboxylic acids is 2. The van der Waals surface area contributed by atoms with Gasteiger partial charge in [0.05, 0.1) is 24.0 Å². The normalized spacial score (nSPS) is 14.6. The van der Waals surface area contributed by atoms with Crippen molar-refractivity contribution in [3.05, 3.63) is 35.4 Å². The van der Waals surface area contributed by atoms with Gasteiger partial charge >= 0.3 is 11.9 Å². The van der Waals surface area contributed by atoms with E-state index in [9.17, 15) is 19.5 Å². The van der Waals surface area contributed by atoms with Gasteiger partial charge in [-0.05, 0) is 87.0 Å². The Balaban J connectivity index is 0. The smallest absolute Gasteiger partial charge is 0.310 e. The van der Waals surface area contributed by atoms with Crippen LogP contribution in [0.15, 0.2) is 24.3 Å². The molecule has 1 aromatic rings. The fourth-order valence-electron chi connectivity index (χ4n) is 5.26. The standard InChI is InChI=1S/C34H56O6S2.CH4S.Y/c1-23(28(36)37)31(5,6)20-27(29(38)40-33(9,10)16-17-39-30(2,3)4)34(11,12)32(7,8)19-26(22-42-41)25-15-13-14-24(18-25)21-35;1-2;/h13-15,18,21,23,26-27,41H,16-17,19-20,22H2,1-12H3,(H,36,37);2H,1H3;/p-2. The number of carboxylic acids is 1. The Hall–Kier alpha value is -0.0561. The van der Waals surface area contributed by atoms with E-state index in [2.05, 4.69) is 40.3 Å². The fourth-order valence-corrected chi connectivity index (χ4v) is 6.23. The molecule has 0 fully saturated rings. The number of aliphatic carboxylic acids is 1. The Kier molecular flexibility index (Phi) is 20.7. The van der Waals surface area contributed by atoms with E-state index in [1.54, 1.807) is 19.2 Å². The van der Waals surface area contributed by atoms with Crippen LogP contribution in [0.2, 0.25) is 0 Å². The predicted octanol–water partition coefficient (Wildman–Crippen LogP) is 8.66. The molecule has 6 nitrogen and oxygen atoms in total. The maximum absolute atomic E-state index is 14.2. The number of benzene rings is 1. The largest absolute Gasteiger partial charge is 0.796 e. The third-order valence-corrected chi connectivity index (χ3v) is 10.3. The van der Waals surface area contributed by atoms with E-state index in [1.165, 1.54) is 10.8 Å². The second-order valence-electron chi connectivity index (χ2n) is 15.3. The molecule has 0 aromatic heterocycles. The molecular formula is C35H58O6S3Y-2. The summed E-state index contributed by atoms with van der Waals surface area (Å²) in [5.41, 5.74) is -1.06. The van der Waals surface area contributed by atoms with E-state index in [0.717, 1.165) is 11.8 Å². The summed E-state index contributed by atoms with van der Waals surface area (Å²) in [5, 5.41) is 9.86. The molecule has 1 radical (unpaired) electrons. The molecule has 0 saturated carbocycles. The van der Waals surface area contributed by atoms with Crippen LogP contribution in [0.1, 0.15) is 124 Å². The molecule has 257 valence electrons. The number of hydrogen-bond donors (Lipinski definition) is 1. The van der Waals surface area contributed by atoms with Gasteiger partial charge in [0.1, 0.15) is 11.9 Å². The summed E-state index contributed by atoms with van der Waals surface area (Å²) in [7, 11) is 1.34. The first-order chi connectivity index (χ1) is 20.0. The zero-order valence-corrected chi connectivity index (χ0v) is 35.2. The van der Waals surface area contributed by atoms with Crippen molar-refractivity contribution in [2.45, 2.75) is 119 Å². The molecule has 0 aliphatic carbocycles. The number of rotatable bonds is 17. The summed E-state index contributed by atoms with van der Waals surface area (Å²) in [6.45, 7) is 24.3. The van der Waals surface area contributed by atoms with Crippen LogP contribution < -0.4 is 0 Å². The van der Waals surface area contributed by atoms with Crippen LogP contribution in [0.25, 0.3) is 0 Å². The first kappa shape index (κ1) is 47.1. The number of esters is 1. The molecule has 0 heterocycles. The molecule has 3 atom stereocenters. The van der Waals surface area contributed by atoms with Crippen molar-refractivity contribution in [3.8, 4) is 0 Å². The van der Waals surface area contributed by atoms with E-state index in [1.807, 2.05) is 66.7 Å². The summed E-state index contributed by atoms with van der Waals surface area (Å²) in [6, 6.07) is 7.62. The van der Waals surface area contributed by atoms with Crippen molar-refractivity contribution in [2.24, 2.45) is 28.1 Å². The maximum Gasteiger partial charge on any atom is 0.310 e. The van der Waals surface area contributed by atoms with Gasteiger partial charge in [-0.3, -0.25) is 14.4 Å². The van der Waals surface area contributed by atoms with Crippen molar-refractivity contribution in [2.75, 3.05) is 18.6 Å². The Bertz CT molecular complexity index is 1070. The van der Waals surface area contributed by atoms with Gasteiger partial charge in [0.25, 0.3) is 0 Å². The second kappa shape index (κ2) is 19.8. The van der Waals surface area contributed by atoms with Gasteiger partial charge in [-0.2, -0.15) is 6.26 Å². The molecule has 0 aliphatic heterocycles. The average molecular weight is 760 g/mol. The number of carboxylic acid groups (broad SMARTS) is 1. The van der Waals surface area contributed by atoms with Gasteiger partial charge in [0, 0.05) is 44.7 Å².